The van der Waals surface area contributed by atoms with Crippen molar-refractivity contribution in [3.05, 3.63) is 16.3 Å². The molecule has 1 rings (SSSR count). The van der Waals surface area contributed by atoms with Crippen molar-refractivity contribution in [1.82, 2.24) is 4.90 Å². The van der Waals surface area contributed by atoms with Crippen LogP contribution in [0.3, 0.4) is 0 Å². The average molecular weight is 228 g/mol. The van der Waals surface area contributed by atoms with Crippen molar-refractivity contribution < 1.29 is 4.74 Å². The van der Waals surface area contributed by atoms with Gasteiger partial charge in [-0.1, -0.05) is 0 Å². The van der Waals surface area contributed by atoms with E-state index < -0.39 is 0 Å². The van der Waals surface area contributed by atoms with Crippen molar-refractivity contribution in [2.45, 2.75) is 25.9 Å². The maximum Gasteiger partial charge on any atom is 0.134 e. The zero-order valence-electron chi connectivity index (χ0n) is 9.69. The van der Waals surface area contributed by atoms with Gasteiger partial charge in [-0.15, -0.1) is 11.3 Å². The van der Waals surface area contributed by atoms with Crippen molar-refractivity contribution >= 4 is 11.3 Å². The second-order valence-electron chi connectivity index (χ2n) is 3.86. The third-order valence-corrected chi connectivity index (χ3v) is 3.49. The number of rotatable bonds is 6. The predicted octanol–water partition coefficient (Wildman–Crippen LogP) is 1.93. The second kappa shape index (κ2) is 6.10. The van der Waals surface area contributed by atoms with Crippen LogP contribution in [0.25, 0.3) is 0 Å². The second-order valence-corrected chi connectivity index (χ2v) is 4.86. The third-order valence-electron chi connectivity index (χ3n) is 2.56. The Hall–Kier alpha value is -0.580. The number of hydrogen-bond donors (Lipinski definition) is 1. The van der Waals surface area contributed by atoms with Gasteiger partial charge in [0.1, 0.15) is 5.75 Å². The maximum absolute atomic E-state index is 5.69. The summed E-state index contributed by atoms with van der Waals surface area (Å²) in [5.41, 5.74) is 5.60. The number of nitrogens with two attached hydrogens (primary N) is 1. The van der Waals surface area contributed by atoms with Gasteiger partial charge in [-0.2, -0.15) is 0 Å². The Morgan fingerprint density at radius 2 is 2.27 bits per heavy atom. The standard InChI is InChI=1S/C11H20N2OS/c1-9(13(2)3)4-6-14-10-5-7-15-11(10)8-12/h5,7,9H,4,6,8,12H2,1-3H3. The quantitative estimate of drug-likeness (QED) is 0.808. The highest BCUT2D eigenvalue weighted by molar-refractivity contribution is 7.10. The Morgan fingerprint density at radius 3 is 2.87 bits per heavy atom. The Kier molecular flexibility index (Phi) is 5.08. The van der Waals surface area contributed by atoms with Gasteiger partial charge >= 0.3 is 0 Å². The summed E-state index contributed by atoms with van der Waals surface area (Å²) in [6.07, 6.45) is 1.03. The number of ether oxygens (including phenoxy) is 1. The zero-order chi connectivity index (χ0) is 11.3. The molecule has 1 atom stereocenters. The smallest absolute Gasteiger partial charge is 0.134 e. The molecule has 0 aliphatic rings. The van der Waals surface area contributed by atoms with Crippen LogP contribution in [-0.2, 0) is 6.54 Å². The van der Waals surface area contributed by atoms with Crippen LogP contribution in [0.15, 0.2) is 11.4 Å². The summed E-state index contributed by atoms with van der Waals surface area (Å²) >= 11 is 1.65. The van der Waals surface area contributed by atoms with E-state index in [9.17, 15) is 0 Å². The lowest BCUT2D eigenvalue weighted by atomic mass is 10.2. The van der Waals surface area contributed by atoms with Gasteiger partial charge in [0.15, 0.2) is 0 Å². The molecule has 1 heterocycles. The van der Waals surface area contributed by atoms with Crippen LogP contribution in [0.1, 0.15) is 18.2 Å². The first-order valence-corrected chi connectivity index (χ1v) is 6.08. The van der Waals surface area contributed by atoms with Crippen molar-refractivity contribution in [2.24, 2.45) is 5.73 Å². The van der Waals surface area contributed by atoms with E-state index in [1.165, 1.54) is 0 Å². The van der Waals surface area contributed by atoms with Gasteiger partial charge in [0.05, 0.1) is 11.5 Å². The van der Waals surface area contributed by atoms with E-state index in [4.69, 9.17) is 10.5 Å². The van der Waals surface area contributed by atoms with Gasteiger partial charge in [-0.05, 0) is 38.9 Å². The summed E-state index contributed by atoms with van der Waals surface area (Å²) in [5, 5.41) is 2.02. The van der Waals surface area contributed by atoms with Crippen LogP contribution in [-0.4, -0.2) is 31.6 Å². The molecule has 0 fully saturated rings. The number of hydrogen-bond acceptors (Lipinski definition) is 4. The lowest BCUT2D eigenvalue weighted by Crippen LogP contribution is -2.26. The molecule has 15 heavy (non-hydrogen) atoms. The van der Waals surface area contributed by atoms with Gasteiger partial charge in [0, 0.05) is 12.6 Å². The molecule has 0 spiro atoms. The summed E-state index contributed by atoms with van der Waals surface area (Å²) in [6, 6.07) is 2.54. The number of nitrogens with zero attached hydrogens (tertiary/aromatic N) is 1. The van der Waals surface area contributed by atoms with Crippen LogP contribution in [0, 0.1) is 0 Å². The van der Waals surface area contributed by atoms with Crippen molar-refractivity contribution in [2.75, 3.05) is 20.7 Å². The zero-order valence-corrected chi connectivity index (χ0v) is 10.5. The summed E-state index contributed by atoms with van der Waals surface area (Å²) in [6.45, 7) is 3.51. The molecule has 0 aliphatic heterocycles. The molecule has 1 unspecified atom stereocenters. The first kappa shape index (κ1) is 12.5. The largest absolute Gasteiger partial charge is 0.492 e. The van der Waals surface area contributed by atoms with Crippen molar-refractivity contribution in [1.29, 1.82) is 0 Å². The Labute approximate surface area is 95.8 Å². The molecule has 0 saturated heterocycles. The molecule has 3 nitrogen and oxygen atoms in total. The molecule has 1 aromatic heterocycles. The van der Waals surface area contributed by atoms with E-state index in [0.29, 0.717) is 12.6 Å². The molecule has 4 heteroatoms. The first-order valence-electron chi connectivity index (χ1n) is 5.20. The van der Waals surface area contributed by atoms with Crippen LogP contribution < -0.4 is 10.5 Å². The maximum atomic E-state index is 5.69. The Balaban J connectivity index is 2.31. The molecular formula is C11H20N2OS. The first-order chi connectivity index (χ1) is 7.15. The normalized spacial score (nSPS) is 13.1. The van der Waals surface area contributed by atoms with Crippen LogP contribution in [0.2, 0.25) is 0 Å². The molecule has 1 aromatic rings. The molecule has 0 aromatic carbocycles. The van der Waals surface area contributed by atoms with Crippen molar-refractivity contribution in [3.8, 4) is 5.75 Å². The Morgan fingerprint density at radius 1 is 1.53 bits per heavy atom. The highest BCUT2D eigenvalue weighted by Crippen LogP contribution is 2.24. The molecule has 2 N–H and O–H groups in total. The highest BCUT2D eigenvalue weighted by atomic mass is 32.1. The van der Waals surface area contributed by atoms with Gasteiger partial charge < -0.3 is 15.4 Å². The molecule has 0 bridgehead atoms. The van der Waals surface area contributed by atoms with Gasteiger partial charge in [-0.3, -0.25) is 0 Å². The Bertz CT molecular complexity index is 286. The summed E-state index contributed by atoms with van der Waals surface area (Å²) in [5.74, 6) is 0.952. The molecular weight excluding hydrogens is 208 g/mol. The minimum Gasteiger partial charge on any atom is -0.492 e. The molecule has 0 amide bonds. The van der Waals surface area contributed by atoms with Crippen LogP contribution in [0.4, 0.5) is 0 Å². The lowest BCUT2D eigenvalue weighted by Gasteiger charge is -2.19. The van der Waals surface area contributed by atoms with Gasteiger partial charge in [0.25, 0.3) is 0 Å². The van der Waals surface area contributed by atoms with Gasteiger partial charge in [-0.25, -0.2) is 0 Å². The van der Waals surface area contributed by atoms with E-state index in [-0.39, 0.29) is 0 Å². The summed E-state index contributed by atoms with van der Waals surface area (Å²) in [7, 11) is 4.17. The minimum atomic E-state index is 0.546. The van der Waals surface area contributed by atoms with Crippen molar-refractivity contribution in [3.63, 3.8) is 0 Å². The monoisotopic (exact) mass is 228 g/mol. The van der Waals surface area contributed by atoms with Crippen LogP contribution >= 0.6 is 11.3 Å². The lowest BCUT2D eigenvalue weighted by molar-refractivity contribution is 0.233. The summed E-state index contributed by atoms with van der Waals surface area (Å²) < 4.78 is 5.69. The topological polar surface area (TPSA) is 38.5 Å². The predicted molar refractivity (Wildman–Crippen MR) is 65.5 cm³/mol. The fraction of sp³-hybridized carbons (Fsp3) is 0.636. The van der Waals surface area contributed by atoms with E-state index >= 15 is 0 Å². The molecule has 0 aliphatic carbocycles. The van der Waals surface area contributed by atoms with Crippen LogP contribution in [0.5, 0.6) is 5.75 Å². The van der Waals surface area contributed by atoms with E-state index in [1.807, 2.05) is 11.4 Å². The van der Waals surface area contributed by atoms with E-state index in [2.05, 4.69) is 25.9 Å². The highest BCUT2D eigenvalue weighted by Gasteiger charge is 2.06. The molecule has 0 saturated carbocycles. The average Bonchev–Trinajstić information content (AvgIpc) is 2.65. The van der Waals surface area contributed by atoms with Gasteiger partial charge in [0.2, 0.25) is 0 Å². The fourth-order valence-corrected chi connectivity index (χ4v) is 1.90. The molecule has 86 valence electrons. The SMILES string of the molecule is CC(CCOc1ccsc1CN)N(C)C. The minimum absolute atomic E-state index is 0.546. The fourth-order valence-electron chi connectivity index (χ4n) is 1.20. The number of thiophene rings is 1. The summed E-state index contributed by atoms with van der Waals surface area (Å²) in [4.78, 5) is 3.33. The molecule has 0 radical (unpaired) electrons. The van der Waals surface area contributed by atoms with E-state index in [0.717, 1.165) is 23.7 Å². The van der Waals surface area contributed by atoms with E-state index in [1.54, 1.807) is 11.3 Å². The third kappa shape index (κ3) is 3.81.